The SMILES string of the molecule is Cc1cccc(C(=O)NC(=S)NNC(=O)c2cc(C)[nH]n2)c1. The molecule has 0 fully saturated rings. The molecular formula is C14H15N5O2S. The van der Waals surface area contributed by atoms with E-state index >= 15 is 0 Å². The molecule has 0 spiro atoms. The summed E-state index contributed by atoms with van der Waals surface area (Å²) in [6.45, 7) is 3.67. The van der Waals surface area contributed by atoms with Crippen molar-refractivity contribution in [1.29, 1.82) is 0 Å². The van der Waals surface area contributed by atoms with Crippen molar-refractivity contribution in [1.82, 2.24) is 26.4 Å². The van der Waals surface area contributed by atoms with E-state index in [0.29, 0.717) is 5.56 Å². The summed E-state index contributed by atoms with van der Waals surface area (Å²) in [4.78, 5) is 23.7. The van der Waals surface area contributed by atoms with Gasteiger partial charge in [0.05, 0.1) is 0 Å². The lowest BCUT2D eigenvalue weighted by molar-refractivity contribution is 0.0930. The molecule has 8 heteroatoms. The standard InChI is InChI=1S/C14H15N5O2S/c1-8-4-3-5-10(6-8)12(20)15-14(22)19-18-13(21)11-7-9(2)16-17-11/h3-7H,1-2H3,(H,16,17)(H,18,21)(H2,15,19,20,22). The highest BCUT2D eigenvalue weighted by Crippen LogP contribution is 2.03. The summed E-state index contributed by atoms with van der Waals surface area (Å²) in [5.41, 5.74) is 7.24. The van der Waals surface area contributed by atoms with E-state index in [-0.39, 0.29) is 16.7 Å². The maximum Gasteiger partial charge on any atom is 0.290 e. The molecule has 0 radical (unpaired) electrons. The predicted octanol–water partition coefficient (Wildman–Crippen LogP) is 0.976. The van der Waals surface area contributed by atoms with Crippen molar-refractivity contribution in [2.75, 3.05) is 0 Å². The van der Waals surface area contributed by atoms with Crippen LogP contribution < -0.4 is 16.2 Å². The maximum absolute atomic E-state index is 12.0. The van der Waals surface area contributed by atoms with Crippen LogP contribution in [0.1, 0.15) is 32.1 Å². The predicted molar refractivity (Wildman–Crippen MR) is 85.2 cm³/mol. The van der Waals surface area contributed by atoms with Crippen LogP contribution in [0.3, 0.4) is 0 Å². The van der Waals surface area contributed by atoms with Crippen LogP contribution in [-0.2, 0) is 0 Å². The number of benzene rings is 1. The van der Waals surface area contributed by atoms with Crippen LogP contribution >= 0.6 is 12.2 Å². The van der Waals surface area contributed by atoms with E-state index in [1.165, 1.54) is 0 Å². The van der Waals surface area contributed by atoms with E-state index < -0.39 is 5.91 Å². The zero-order valence-electron chi connectivity index (χ0n) is 12.1. The first-order chi connectivity index (χ1) is 10.5. The first-order valence-corrected chi connectivity index (χ1v) is 6.87. The summed E-state index contributed by atoms with van der Waals surface area (Å²) < 4.78 is 0. The van der Waals surface area contributed by atoms with Gasteiger partial charge < -0.3 is 0 Å². The third-order valence-electron chi connectivity index (χ3n) is 2.74. The van der Waals surface area contributed by atoms with Gasteiger partial charge in [0.15, 0.2) is 10.8 Å². The third kappa shape index (κ3) is 4.13. The number of hydrogen-bond donors (Lipinski definition) is 4. The molecular weight excluding hydrogens is 302 g/mol. The van der Waals surface area contributed by atoms with Crippen molar-refractivity contribution in [2.24, 2.45) is 0 Å². The number of carbonyl (C=O) groups is 2. The number of rotatable bonds is 2. The number of H-pyrrole nitrogens is 1. The van der Waals surface area contributed by atoms with Gasteiger partial charge in [-0.3, -0.25) is 30.9 Å². The number of carbonyl (C=O) groups excluding carboxylic acids is 2. The number of nitrogens with one attached hydrogen (secondary N) is 4. The van der Waals surface area contributed by atoms with Gasteiger partial charge in [-0.15, -0.1) is 0 Å². The first-order valence-electron chi connectivity index (χ1n) is 6.46. The van der Waals surface area contributed by atoms with Crippen LogP contribution in [0.5, 0.6) is 0 Å². The van der Waals surface area contributed by atoms with Crippen LogP contribution in [0.25, 0.3) is 0 Å². The van der Waals surface area contributed by atoms with E-state index in [0.717, 1.165) is 11.3 Å². The van der Waals surface area contributed by atoms with Crippen LogP contribution in [-0.4, -0.2) is 27.1 Å². The molecule has 0 unspecified atom stereocenters. The lowest BCUT2D eigenvalue weighted by Crippen LogP contribution is -2.48. The monoisotopic (exact) mass is 317 g/mol. The number of hydrogen-bond acceptors (Lipinski definition) is 4. The lowest BCUT2D eigenvalue weighted by Gasteiger charge is -2.10. The quantitative estimate of drug-likeness (QED) is 0.489. The van der Waals surface area contributed by atoms with Crippen molar-refractivity contribution in [3.05, 3.63) is 52.8 Å². The number of hydrazine groups is 1. The summed E-state index contributed by atoms with van der Waals surface area (Å²) in [6, 6.07) is 8.67. The summed E-state index contributed by atoms with van der Waals surface area (Å²) >= 11 is 4.95. The third-order valence-corrected chi connectivity index (χ3v) is 2.94. The minimum atomic E-state index is -0.462. The van der Waals surface area contributed by atoms with Gasteiger partial charge >= 0.3 is 0 Å². The van der Waals surface area contributed by atoms with E-state index in [1.54, 1.807) is 31.2 Å². The van der Waals surface area contributed by atoms with Gasteiger partial charge in [0.1, 0.15) is 0 Å². The highest BCUT2D eigenvalue weighted by molar-refractivity contribution is 7.80. The molecule has 2 aromatic rings. The summed E-state index contributed by atoms with van der Waals surface area (Å²) in [5.74, 6) is -0.817. The van der Waals surface area contributed by atoms with Crippen molar-refractivity contribution in [3.63, 3.8) is 0 Å². The Labute approximate surface area is 132 Å². The molecule has 1 aromatic heterocycles. The van der Waals surface area contributed by atoms with Gasteiger partial charge in [-0.1, -0.05) is 17.7 Å². The number of aromatic nitrogens is 2. The molecule has 22 heavy (non-hydrogen) atoms. The molecule has 0 aliphatic heterocycles. The molecule has 0 saturated heterocycles. The molecule has 2 amide bonds. The smallest absolute Gasteiger partial charge is 0.290 e. The van der Waals surface area contributed by atoms with Gasteiger partial charge in [-0.2, -0.15) is 5.10 Å². The molecule has 0 bridgehead atoms. The maximum atomic E-state index is 12.0. The van der Waals surface area contributed by atoms with Crippen molar-refractivity contribution < 1.29 is 9.59 Å². The second kappa shape index (κ2) is 6.81. The van der Waals surface area contributed by atoms with E-state index in [2.05, 4.69) is 26.4 Å². The van der Waals surface area contributed by atoms with Gasteiger partial charge in [0, 0.05) is 11.3 Å². The Bertz CT molecular complexity index is 726. The topological polar surface area (TPSA) is 98.9 Å². The molecule has 0 atom stereocenters. The Morgan fingerprint density at radius 2 is 1.91 bits per heavy atom. The van der Waals surface area contributed by atoms with Gasteiger partial charge in [0.25, 0.3) is 11.8 Å². The number of thiocarbonyl (C=S) groups is 1. The molecule has 0 aliphatic carbocycles. The zero-order chi connectivity index (χ0) is 16.1. The second-order valence-electron chi connectivity index (χ2n) is 4.67. The fourth-order valence-electron chi connectivity index (χ4n) is 1.70. The lowest BCUT2D eigenvalue weighted by atomic mass is 10.1. The summed E-state index contributed by atoms with van der Waals surface area (Å²) in [5, 5.41) is 8.93. The number of aromatic amines is 1. The molecule has 1 aromatic carbocycles. The number of nitrogens with zero attached hydrogens (tertiary/aromatic N) is 1. The number of amides is 2. The molecule has 0 aliphatic rings. The van der Waals surface area contributed by atoms with E-state index in [9.17, 15) is 9.59 Å². The minimum Gasteiger partial charge on any atom is -0.298 e. The molecule has 114 valence electrons. The molecule has 2 rings (SSSR count). The summed E-state index contributed by atoms with van der Waals surface area (Å²) in [7, 11) is 0. The van der Waals surface area contributed by atoms with Crippen molar-refractivity contribution in [3.8, 4) is 0 Å². The minimum absolute atomic E-state index is 0.00730. The Hall–Kier alpha value is -2.74. The van der Waals surface area contributed by atoms with Crippen LogP contribution in [0.15, 0.2) is 30.3 Å². The normalized spacial score (nSPS) is 9.91. The fourth-order valence-corrected chi connectivity index (χ4v) is 1.85. The van der Waals surface area contributed by atoms with Crippen LogP contribution in [0.4, 0.5) is 0 Å². The van der Waals surface area contributed by atoms with Gasteiger partial charge in [-0.05, 0) is 44.3 Å². The highest BCUT2D eigenvalue weighted by Gasteiger charge is 2.11. The van der Waals surface area contributed by atoms with Crippen molar-refractivity contribution in [2.45, 2.75) is 13.8 Å². The molecule has 1 heterocycles. The van der Waals surface area contributed by atoms with Crippen molar-refractivity contribution >= 4 is 29.1 Å². The Morgan fingerprint density at radius 3 is 2.55 bits per heavy atom. The summed E-state index contributed by atoms with van der Waals surface area (Å²) in [6.07, 6.45) is 0. The molecule has 0 saturated carbocycles. The van der Waals surface area contributed by atoms with Gasteiger partial charge in [-0.25, -0.2) is 0 Å². The molecule has 4 N–H and O–H groups in total. The van der Waals surface area contributed by atoms with Crippen LogP contribution in [0, 0.1) is 13.8 Å². The average Bonchev–Trinajstić information content (AvgIpc) is 2.91. The van der Waals surface area contributed by atoms with E-state index in [1.807, 2.05) is 13.0 Å². The second-order valence-corrected chi connectivity index (χ2v) is 5.08. The van der Waals surface area contributed by atoms with E-state index in [4.69, 9.17) is 12.2 Å². The first kappa shape index (κ1) is 15.6. The average molecular weight is 317 g/mol. The number of aryl methyl sites for hydroxylation is 2. The highest BCUT2D eigenvalue weighted by atomic mass is 32.1. The molecule has 7 nitrogen and oxygen atoms in total. The Kier molecular flexibility index (Phi) is 4.84. The Balaban J connectivity index is 1.85. The van der Waals surface area contributed by atoms with Gasteiger partial charge in [0.2, 0.25) is 0 Å². The zero-order valence-corrected chi connectivity index (χ0v) is 12.9. The largest absolute Gasteiger partial charge is 0.298 e. The Morgan fingerprint density at radius 1 is 1.14 bits per heavy atom. The fraction of sp³-hybridized carbons (Fsp3) is 0.143. The van der Waals surface area contributed by atoms with Crippen LogP contribution in [0.2, 0.25) is 0 Å².